The van der Waals surface area contributed by atoms with Crippen LogP contribution in [0.15, 0.2) is 18.2 Å². The number of pyridine rings is 1. The molecule has 1 aromatic rings. The highest BCUT2D eigenvalue weighted by atomic mass is 16.5. The van der Waals surface area contributed by atoms with Crippen molar-refractivity contribution >= 4 is 11.8 Å². The van der Waals surface area contributed by atoms with Gasteiger partial charge in [0.15, 0.2) is 0 Å². The minimum absolute atomic E-state index is 0.124. The van der Waals surface area contributed by atoms with Crippen LogP contribution in [0.4, 0.5) is 0 Å². The Morgan fingerprint density at radius 1 is 1.21 bits per heavy atom. The molecule has 1 saturated heterocycles. The lowest BCUT2D eigenvalue weighted by molar-refractivity contribution is -0.140. The van der Waals surface area contributed by atoms with Gasteiger partial charge in [0.2, 0.25) is 17.7 Å². The first-order valence-electron chi connectivity index (χ1n) is 6.48. The van der Waals surface area contributed by atoms with Gasteiger partial charge in [-0.25, -0.2) is 4.98 Å². The van der Waals surface area contributed by atoms with Crippen molar-refractivity contribution in [1.29, 1.82) is 0 Å². The van der Waals surface area contributed by atoms with Crippen molar-refractivity contribution in [2.75, 3.05) is 6.61 Å². The summed E-state index contributed by atoms with van der Waals surface area (Å²) in [4.78, 5) is 29.5. The Morgan fingerprint density at radius 3 is 2.42 bits per heavy atom. The molecule has 2 atom stereocenters. The van der Waals surface area contributed by atoms with E-state index >= 15 is 0 Å². The highest BCUT2D eigenvalue weighted by Crippen LogP contribution is 2.26. The van der Waals surface area contributed by atoms with E-state index in [0.29, 0.717) is 18.2 Å². The van der Waals surface area contributed by atoms with Gasteiger partial charge < -0.3 is 4.74 Å². The summed E-state index contributed by atoms with van der Waals surface area (Å²) in [7, 11) is 0. The van der Waals surface area contributed by atoms with Gasteiger partial charge in [-0.1, -0.05) is 19.9 Å². The van der Waals surface area contributed by atoms with Crippen LogP contribution in [0.1, 0.15) is 26.5 Å². The maximum Gasteiger partial charge on any atom is 0.233 e. The molecule has 2 rings (SSSR count). The van der Waals surface area contributed by atoms with Gasteiger partial charge in [-0.15, -0.1) is 0 Å². The fraction of sp³-hybridized carbons (Fsp3) is 0.500. The van der Waals surface area contributed by atoms with Crippen LogP contribution in [0.5, 0.6) is 5.88 Å². The molecule has 2 unspecified atom stereocenters. The number of carbonyl (C=O) groups excluding carboxylic acids is 2. The summed E-state index contributed by atoms with van der Waals surface area (Å²) in [5.74, 6) is -0.229. The van der Waals surface area contributed by atoms with E-state index in [-0.39, 0.29) is 30.2 Å². The van der Waals surface area contributed by atoms with Gasteiger partial charge in [-0.05, 0) is 13.0 Å². The van der Waals surface area contributed by atoms with Crippen LogP contribution in [0.2, 0.25) is 0 Å². The smallest absolute Gasteiger partial charge is 0.233 e. The van der Waals surface area contributed by atoms with E-state index in [4.69, 9.17) is 4.74 Å². The number of imide groups is 1. The van der Waals surface area contributed by atoms with Gasteiger partial charge in [0.1, 0.15) is 0 Å². The van der Waals surface area contributed by atoms with E-state index in [1.54, 1.807) is 26.0 Å². The molecular formula is C14H18N2O3. The Labute approximate surface area is 112 Å². The standard InChI is InChI=1S/C14H18N2O3/c1-4-19-12-7-5-6-11(15-12)8-16-13(17)9(2)10(3)14(16)18/h5-7,9-10H,4,8H2,1-3H3. The lowest BCUT2D eigenvalue weighted by Crippen LogP contribution is -2.30. The second kappa shape index (κ2) is 5.38. The highest BCUT2D eigenvalue weighted by molar-refractivity contribution is 6.04. The van der Waals surface area contributed by atoms with Crippen molar-refractivity contribution in [1.82, 2.24) is 9.88 Å². The van der Waals surface area contributed by atoms with Crippen molar-refractivity contribution in [3.8, 4) is 5.88 Å². The number of nitrogens with zero attached hydrogens (tertiary/aromatic N) is 2. The van der Waals surface area contributed by atoms with Crippen LogP contribution in [0.25, 0.3) is 0 Å². The number of rotatable bonds is 4. The average molecular weight is 262 g/mol. The Morgan fingerprint density at radius 2 is 1.84 bits per heavy atom. The predicted molar refractivity (Wildman–Crippen MR) is 69.3 cm³/mol. The lowest BCUT2D eigenvalue weighted by Gasteiger charge is -2.14. The third-order valence-corrected chi connectivity index (χ3v) is 3.45. The quantitative estimate of drug-likeness (QED) is 0.774. The van der Waals surface area contributed by atoms with Gasteiger partial charge in [-0.3, -0.25) is 14.5 Å². The molecule has 0 aliphatic carbocycles. The number of aromatic nitrogens is 1. The maximum atomic E-state index is 12.0. The first-order valence-corrected chi connectivity index (χ1v) is 6.48. The second-order valence-electron chi connectivity index (χ2n) is 4.74. The molecule has 0 N–H and O–H groups in total. The molecule has 0 aromatic carbocycles. The average Bonchev–Trinajstić information content (AvgIpc) is 2.58. The molecular weight excluding hydrogens is 244 g/mol. The van der Waals surface area contributed by atoms with Crippen LogP contribution in [0, 0.1) is 11.8 Å². The van der Waals surface area contributed by atoms with Crippen LogP contribution >= 0.6 is 0 Å². The SMILES string of the molecule is CCOc1cccc(CN2C(=O)C(C)C(C)C2=O)n1. The fourth-order valence-electron chi connectivity index (χ4n) is 2.12. The predicted octanol–water partition coefficient (Wildman–Crippen LogP) is 1.62. The van der Waals surface area contributed by atoms with E-state index < -0.39 is 0 Å². The second-order valence-corrected chi connectivity index (χ2v) is 4.74. The number of amides is 2. The molecule has 19 heavy (non-hydrogen) atoms. The van der Waals surface area contributed by atoms with Gasteiger partial charge in [0.05, 0.1) is 18.8 Å². The van der Waals surface area contributed by atoms with Gasteiger partial charge >= 0.3 is 0 Å². The number of hydrogen-bond acceptors (Lipinski definition) is 4. The molecule has 5 heteroatoms. The third kappa shape index (κ3) is 2.59. The topological polar surface area (TPSA) is 59.5 Å². The monoisotopic (exact) mass is 262 g/mol. The molecule has 102 valence electrons. The molecule has 1 aliphatic heterocycles. The van der Waals surface area contributed by atoms with Crippen LogP contribution in [-0.2, 0) is 16.1 Å². The van der Waals surface area contributed by atoms with E-state index in [2.05, 4.69) is 4.98 Å². The normalized spacial score (nSPS) is 23.0. The fourth-order valence-corrected chi connectivity index (χ4v) is 2.12. The van der Waals surface area contributed by atoms with Crippen molar-refractivity contribution in [2.45, 2.75) is 27.3 Å². The molecule has 1 aromatic heterocycles. The van der Waals surface area contributed by atoms with E-state index in [0.717, 1.165) is 0 Å². The highest BCUT2D eigenvalue weighted by Gasteiger charge is 2.42. The van der Waals surface area contributed by atoms with Gasteiger partial charge in [0, 0.05) is 17.9 Å². The zero-order chi connectivity index (χ0) is 14.0. The maximum absolute atomic E-state index is 12.0. The van der Waals surface area contributed by atoms with Gasteiger partial charge in [-0.2, -0.15) is 0 Å². The van der Waals surface area contributed by atoms with Crippen LogP contribution in [0.3, 0.4) is 0 Å². The lowest BCUT2D eigenvalue weighted by atomic mass is 10.00. The van der Waals surface area contributed by atoms with Gasteiger partial charge in [0.25, 0.3) is 0 Å². The van der Waals surface area contributed by atoms with Crippen molar-refractivity contribution < 1.29 is 14.3 Å². The summed E-state index contributed by atoms with van der Waals surface area (Å²) < 4.78 is 5.31. The van der Waals surface area contributed by atoms with E-state index in [9.17, 15) is 9.59 Å². The number of likely N-dealkylation sites (tertiary alicyclic amines) is 1. The largest absolute Gasteiger partial charge is 0.478 e. The Kier molecular flexibility index (Phi) is 3.83. The molecule has 1 aliphatic rings. The molecule has 0 radical (unpaired) electrons. The first-order chi connectivity index (χ1) is 9.04. The molecule has 2 amide bonds. The summed E-state index contributed by atoms with van der Waals surface area (Å²) in [6.45, 7) is 6.20. The molecule has 1 fully saturated rings. The summed E-state index contributed by atoms with van der Waals surface area (Å²) in [5, 5.41) is 0. The summed E-state index contributed by atoms with van der Waals surface area (Å²) >= 11 is 0. The zero-order valence-corrected chi connectivity index (χ0v) is 11.4. The number of carbonyl (C=O) groups is 2. The molecule has 2 heterocycles. The Bertz CT molecular complexity index is 481. The Balaban J connectivity index is 2.15. The summed E-state index contributed by atoms with van der Waals surface area (Å²) in [6, 6.07) is 5.35. The van der Waals surface area contributed by atoms with Crippen molar-refractivity contribution in [3.63, 3.8) is 0 Å². The van der Waals surface area contributed by atoms with E-state index in [1.807, 2.05) is 13.0 Å². The minimum atomic E-state index is -0.248. The molecule has 5 nitrogen and oxygen atoms in total. The minimum Gasteiger partial charge on any atom is -0.478 e. The molecule has 0 spiro atoms. The molecule has 0 saturated carbocycles. The van der Waals surface area contributed by atoms with Crippen LogP contribution < -0.4 is 4.74 Å². The molecule has 0 bridgehead atoms. The zero-order valence-electron chi connectivity index (χ0n) is 11.4. The number of hydrogen-bond donors (Lipinski definition) is 0. The summed E-state index contributed by atoms with van der Waals surface area (Å²) in [6.07, 6.45) is 0. The van der Waals surface area contributed by atoms with Crippen LogP contribution in [-0.4, -0.2) is 28.3 Å². The number of ether oxygens (including phenoxy) is 1. The first kappa shape index (κ1) is 13.5. The van der Waals surface area contributed by atoms with E-state index in [1.165, 1.54) is 4.90 Å². The Hall–Kier alpha value is -1.91. The third-order valence-electron chi connectivity index (χ3n) is 3.45. The van der Waals surface area contributed by atoms with Crippen molar-refractivity contribution in [2.24, 2.45) is 11.8 Å². The summed E-state index contributed by atoms with van der Waals surface area (Å²) in [5.41, 5.74) is 0.661. The van der Waals surface area contributed by atoms with Crippen molar-refractivity contribution in [3.05, 3.63) is 23.9 Å².